The molecule has 0 fully saturated rings. The van der Waals surface area contributed by atoms with Crippen molar-refractivity contribution in [3.8, 4) is 0 Å². The summed E-state index contributed by atoms with van der Waals surface area (Å²) in [6.45, 7) is 8.67. The van der Waals surface area contributed by atoms with Crippen molar-refractivity contribution in [2.75, 3.05) is 0 Å². The predicted octanol–water partition coefficient (Wildman–Crippen LogP) is 3.56. The summed E-state index contributed by atoms with van der Waals surface area (Å²) >= 11 is 0. The first kappa shape index (κ1) is 18.5. The number of allylic oxidation sites excluding steroid dienone is 4. The molecule has 0 heterocycles. The fraction of sp³-hybridized carbons (Fsp3) is 0.556. The second kappa shape index (κ2) is 7.20. The fourth-order valence-electron chi connectivity index (χ4n) is 1.16. The normalized spacial score (nSPS) is 20.3. The van der Waals surface area contributed by atoms with Gasteiger partial charge in [-0.05, 0) is 0 Å². The second-order valence-electron chi connectivity index (χ2n) is 2.80. The maximum Gasteiger partial charge on any atom is 0 e. The largest absolute Gasteiger partial charge is 0.266 e. The summed E-state index contributed by atoms with van der Waals surface area (Å²) in [7, 11) is 0. The van der Waals surface area contributed by atoms with Gasteiger partial charge in [0.1, 0.15) is 0 Å². The molecule has 0 bridgehead atoms. The van der Waals surface area contributed by atoms with Crippen LogP contribution in [0.25, 0.3) is 0 Å². The van der Waals surface area contributed by atoms with Crippen molar-refractivity contribution in [3.05, 3.63) is 22.8 Å². The summed E-state index contributed by atoms with van der Waals surface area (Å²) < 4.78 is 0. The van der Waals surface area contributed by atoms with E-state index in [4.69, 9.17) is 0 Å². The zero-order chi connectivity index (χ0) is 7.02. The van der Waals surface area contributed by atoms with Crippen LogP contribution in [0.4, 0.5) is 0 Å². The van der Waals surface area contributed by atoms with Crippen molar-refractivity contribution in [2.24, 2.45) is 5.92 Å². The Morgan fingerprint density at radius 1 is 1.08 bits per heavy atom. The molecule has 0 spiro atoms. The number of hydrogen-bond donors (Lipinski definition) is 0. The first-order valence-electron chi connectivity index (χ1n) is 3.40. The molecule has 1 atom stereocenters. The van der Waals surface area contributed by atoms with Gasteiger partial charge in [0.25, 0.3) is 0 Å². The van der Waals surface area contributed by atoms with Crippen LogP contribution in [0.1, 0.15) is 27.7 Å². The van der Waals surface area contributed by atoms with Crippen LogP contribution in [0, 0.1) is 12.0 Å². The van der Waals surface area contributed by atoms with Gasteiger partial charge in [0.05, 0.1) is 0 Å². The van der Waals surface area contributed by atoms with Gasteiger partial charge in [0.2, 0.25) is 0 Å². The summed E-state index contributed by atoms with van der Waals surface area (Å²) in [6, 6.07) is 0. The Labute approximate surface area is 103 Å². The van der Waals surface area contributed by atoms with Crippen molar-refractivity contribution in [2.45, 2.75) is 27.7 Å². The zero-order valence-corrected chi connectivity index (χ0v) is 11.1. The molecule has 0 aromatic heterocycles. The molecule has 1 aliphatic carbocycles. The number of halogens is 2. The van der Waals surface area contributed by atoms with E-state index in [1.807, 2.05) is 0 Å². The van der Waals surface area contributed by atoms with Crippen LogP contribution in [0.5, 0.6) is 0 Å². The minimum absolute atomic E-state index is 0. The third-order valence-electron chi connectivity index (χ3n) is 2.24. The molecular formula is C9H15Cl2Ti-. The number of rotatable bonds is 0. The third-order valence-corrected chi connectivity index (χ3v) is 2.24. The molecular weight excluding hydrogens is 227 g/mol. The van der Waals surface area contributed by atoms with E-state index in [1.54, 1.807) is 0 Å². The summed E-state index contributed by atoms with van der Waals surface area (Å²) in [5, 5.41) is 0. The van der Waals surface area contributed by atoms with Crippen LogP contribution < -0.4 is 0 Å². The Morgan fingerprint density at radius 3 is 1.58 bits per heavy atom. The van der Waals surface area contributed by atoms with E-state index in [9.17, 15) is 0 Å². The Bertz CT molecular complexity index is 195. The minimum Gasteiger partial charge on any atom is -0.266 e. The summed E-state index contributed by atoms with van der Waals surface area (Å²) in [6.07, 6.45) is 3.36. The Hall–Kier alpha value is 0.774. The number of hydrogen-bond acceptors (Lipinski definition) is 0. The molecule has 12 heavy (non-hydrogen) atoms. The van der Waals surface area contributed by atoms with Gasteiger partial charge in [0.15, 0.2) is 0 Å². The molecule has 0 saturated heterocycles. The van der Waals surface area contributed by atoms with Crippen LogP contribution in [-0.4, -0.2) is 0 Å². The van der Waals surface area contributed by atoms with Crippen molar-refractivity contribution in [1.29, 1.82) is 0 Å². The Kier molecular flexibility index (Phi) is 11.1. The average molecular weight is 242 g/mol. The van der Waals surface area contributed by atoms with E-state index < -0.39 is 0 Å². The van der Waals surface area contributed by atoms with Crippen LogP contribution in [0.3, 0.4) is 0 Å². The third kappa shape index (κ3) is 3.66. The topological polar surface area (TPSA) is 0 Å². The summed E-state index contributed by atoms with van der Waals surface area (Å²) in [4.78, 5) is 0. The van der Waals surface area contributed by atoms with E-state index in [0.29, 0.717) is 5.92 Å². The van der Waals surface area contributed by atoms with E-state index in [2.05, 4.69) is 33.8 Å². The molecule has 1 aliphatic rings. The molecule has 0 N–H and O–H groups in total. The van der Waals surface area contributed by atoms with Crippen LogP contribution in [0.15, 0.2) is 16.7 Å². The minimum atomic E-state index is 0. The standard InChI is InChI=1S/C9H13.2ClH.Ti/c1-6-5-7(2)9(4)8(6)3;;;/h6H,1-4H3;2*1H;/q-1;;;. The van der Waals surface area contributed by atoms with Gasteiger partial charge >= 0.3 is 0 Å². The van der Waals surface area contributed by atoms with Crippen LogP contribution in [0.2, 0.25) is 0 Å². The van der Waals surface area contributed by atoms with E-state index in [0.717, 1.165) is 0 Å². The molecule has 0 nitrogen and oxygen atoms in total. The SMILES string of the molecule is CC1=[C-]C(C)C(C)=C1C.Cl.Cl.[Ti]. The van der Waals surface area contributed by atoms with Crippen molar-refractivity contribution in [1.82, 2.24) is 0 Å². The van der Waals surface area contributed by atoms with Gasteiger partial charge in [-0.1, -0.05) is 26.7 Å². The molecule has 70 valence electrons. The van der Waals surface area contributed by atoms with Gasteiger partial charge in [-0.2, -0.15) is 11.1 Å². The van der Waals surface area contributed by atoms with Gasteiger partial charge in [-0.25, -0.2) is 5.57 Å². The van der Waals surface area contributed by atoms with Crippen molar-refractivity contribution >= 4 is 24.8 Å². The van der Waals surface area contributed by atoms with Gasteiger partial charge in [-0.15, -0.1) is 31.7 Å². The van der Waals surface area contributed by atoms with E-state index in [1.165, 1.54) is 16.7 Å². The first-order chi connectivity index (χ1) is 4.13. The molecule has 0 aromatic rings. The Balaban J connectivity index is -0.000000270. The Morgan fingerprint density at radius 2 is 1.50 bits per heavy atom. The molecule has 0 aliphatic heterocycles. The van der Waals surface area contributed by atoms with E-state index in [-0.39, 0.29) is 46.5 Å². The van der Waals surface area contributed by atoms with Crippen molar-refractivity contribution < 1.29 is 21.7 Å². The molecule has 0 aromatic carbocycles. The molecule has 0 amide bonds. The van der Waals surface area contributed by atoms with Gasteiger partial charge in [-0.3, -0.25) is 6.08 Å². The van der Waals surface area contributed by atoms with Crippen LogP contribution in [-0.2, 0) is 21.7 Å². The quantitative estimate of drug-likeness (QED) is 0.450. The zero-order valence-electron chi connectivity index (χ0n) is 7.89. The maximum absolute atomic E-state index is 3.36. The smallest absolute Gasteiger partial charge is 0 e. The molecule has 0 saturated carbocycles. The van der Waals surface area contributed by atoms with Crippen molar-refractivity contribution in [3.63, 3.8) is 0 Å². The molecule has 0 radical (unpaired) electrons. The first-order valence-corrected chi connectivity index (χ1v) is 3.40. The van der Waals surface area contributed by atoms with Crippen LogP contribution >= 0.6 is 24.8 Å². The summed E-state index contributed by atoms with van der Waals surface area (Å²) in [5.41, 5.74) is 4.25. The average Bonchev–Trinajstić information content (AvgIpc) is 1.98. The fourth-order valence-corrected chi connectivity index (χ4v) is 1.16. The molecule has 3 heteroatoms. The van der Waals surface area contributed by atoms with Gasteiger partial charge in [0, 0.05) is 21.7 Å². The van der Waals surface area contributed by atoms with Gasteiger partial charge < -0.3 is 0 Å². The summed E-state index contributed by atoms with van der Waals surface area (Å²) in [5.74, 6) is 0.560. The molecule has 1 rings (SSSR count). The predicted molar refractivity (Wildman–Crippen MR) is 54.5 cm³/mol. The maximum atomic E-state index is 3.36. The molecule has 1 unspecified atom stereocenters. The second-order valence-corrected chi connectivity index (χ2v) is 2.80. The monoisotopic (exact) mass is 241 g/mol. The van der Waals surface area contributed by atoms with E-state index >= 15 is 0 Å².